The number of methoxy groups -OCH3 is 2. The first-order valence-electron chi connectivity index (χ1n) is 5.47. The van der Waals surface area contributed by atoms with Gasteiger partial charge in [0.1, 0.15) is 11.5 Å². The van der Waals surface area contributed by atoms with Crippen LogP contribution >= 0.6 is 0 Å². The summed E-state index contributed by atoms with van der Waals surface area (Å²) in [6, 6.07) is 1.98. The van der Waals surface area contributed by atoms with Crippen molar-refractivity contribution in [3.63, 3.8) is 0 Å². The van der Waals surface area contributed by atoms with Crippen molar-refractivity contribution in [1.82, 2.24) is 0 Å². The molecule has 0 aliphatic heterocycles. The maximum absolute atomic E-state index is 8.91. The molecule has 0 amide bonds. The Hall–Kier alpha value is -1.22. The normalized spacial score (nSPS) is 10.3. The summed E-state index contributed by atoms with van der Waals surface area (Å²) in [5.74, 6) is 1.79. The molecule has 0 aliphatic carbocycles. The van der Waals surface area contributed by atoms with E-state index in [0.29, 0.717) is 0 Å². The summed E-state index contributed by atoms with van der Waals surface area (Å²) in [5, 5.41) is 8.91. The zero-order valence-electron chi connectivity index (χ0n) is 10.5. The summed E-state index contributed by atoms with van der Waals surface area (Å²) in [4.78, 5) is 0. The van der Waals surface area contributed by atoms with Crippen molar-refractivity contribution in [3.8, 4) is 11.5 Å². The fourth-order valence-corrected chi connectivity index (χ4v) is 1.98. The van der Waals surface area contributed by atoms with Crippen LogP contribution in [0.25, 0.3) is 0 Å². The zero-order chi connectivity index (χ0) is 12.1. The Morgan fingerprint density at radius 2 is 1.88 bits per heavy atom. The van der Waals surface area contributed by atoms with Gasteiger partial charge in [0.15, 0.2) is 0 Å². The zero-order valence-corrected chi connectivity index (χ0v) is 10.5. The van der Waals surface area contributed by atoms with Gasteiger partial charge >= 0.3 is 0 Å². The molecule has 1 rings (SSSR count). The van der Waals surface area contributed by atoms with Gasteiger partial charge in [-0.15, -0.1) is 0 Å². The number of aliphatic hydroxyl groups is 1. The van der Waals surface area contributed by atoms with Gasteiger partial charge in [-0.1, -0.05) is 0 Å². The number of hydrogen-bond acceptors (Lipinski definition) is 3. The highest BCUT2D eigenvalue weighted by atomic mass is 16.5. The SMILES string of the molecule is COc1cc(C)c(OC)c(CCCO)c1C. The maximum atomic E-state index is 8.91. The van der Waals surface area contributed by atoms with Gasteiger partial charge in [-0.2, -0.15) is 0 Å². The smallest absolute Gasteiger partial charge is 0.125 e. The van der Waals surface area contributed by atoms with E-state index >= 15 is 0 Å². The molecule has 0 heterocycles. The van der Waals surface area contributed by atoms with Crippen LogP contribution in [0.4, 0.5) is 0 Å². The molecule has 0 spiro atoms. The second-order valence-electron chi connectivity index (χ2n) is 3.86. The van der Waals surface area contributed by atoms with Crippen molar-refractivity contribution >= 4 is 0 Å². The van der Waals surface area contributed by atoms with Gasteiger partial charge in [0.05, 0.1) is 14.2 Å². The van der Waals surface area contributed by atoms with Crippen molar-refractivity contribution < 1.29 is 14.6 Å². The first kappa shape index (κ1) is 12.8. The van der Waals surface area contributed by atoms with E-state index in [0.717, 1.165) is 41.0 Å². The Morgan fingerprint density at radius 3 is 2.38 bits per heavy atom. The first-order chi connectivity index (χ1) is 7.65. The second-order valence-corrected chi connectivity index (χ2v) is 3.86. The van der Waals surface area contributed by atoms with Gasteiger partial charge in [-0.05, 0) is 43.9 Å². The van der Waals surface area contributed by atoms with Crippen LogP contribution < -0.4 is 9.47 Å². The quantitative estimate of drug-likeness (QED) is 0.833. The van der Waals surface area contributed by atoms with Crippen molar-refractivity contribution in [2.24, 2.45) is 0 Å². The average molecular weight is 224 g/mol. The Labute approximate surface area is 97.0 Å². The largest absolute Gasteiger partial charge is 0.496 e. The minimum absolute atomic E-state index is 0.193. The topological polar surface area (TPSA) is 38.7 Å². The number of aryl methyl sites for hydroxylation is 1. The van der Waals surface area contributed by atoms with Crippen molar-refractivity contribution in [3.05, 3.63) is 22.8 Å². The van der Waals surface area contributed by atoms with E-state index in [4.69, 9.17) is 14.6 Å². The molecule has 0 saturated carbocycles. The predicted octanol–water partition coefficient (Wildman–Crippen LogP) is 2.25. The van der Waals surface area contributed by atoms with Crippen molar-refractivity contribution in [2.75, 3.05) is 20.8 Å². The molecular weight excluding hydrogens is 204 g/mol. The highest BCUT2D eigenvalue weighted by molar-refractivity contribution is 5.52. The summed E-state index contributed by atoms with van der Waals surface area (Å²) >= 11 is 0. The molecule has 0 aromatic heterocycles. The van der Waals surface area contributed by atoms with Crippen LogP contribution in [-0.4, -0.2) is 25.9 Å². The Bertz CT molecular complexity index is 359. The molecule has 3 heteroatoms. The molecule has 3 nitrogen and oxygen atoms in total. The monoisotopic (exact) mass is 224 g/mol. The van der Waals surface area contributed by atoms with E-state index in [1.807, 2.05) is 19.9 Å². The number of aliphatic hydroxyl groups excluding tert-OH is 1. The molecule has 0 atom stereocenters. The Balaban J connectivity index is 3.22. The van der Waals surface area contributed by atoms with Crippen LogP contribution in [0, 0.1) is 13.8 Å². The minimum atomic E-state index is 0.193. The summed E-state index contributed by atoms with van der Waals surface area (Å²) in [6.45, 7) is 4.22. The van der Waals surface area contributed by atoms with E-state index in [1.54, 1.807) is 14.2 Å². The number of rotatable bonds is 5. The van der Waals surface area contributed by atoms with Crippen LogP contribution in [0.5, 0.6) is 11.5 Å². The van der Waals surface area contributed by atoms with Gasteiger partial charge in [-0.25, -0.2) is 0 Å². The molecule has 1 aromatic rings. The summed E-state index contributed by atoms with van der Waals surface area (Å²) in [5.41, 5.74) is 3.30. The average Bonchev–Trinajstić information content (AvgIpc) is 2.29. The Morgan fingerprint density at radius 1 is 1.19 bits per heavy atom. The molecule has 16 heavy (non-hydrogen) atoms. The number of benzene rings is 1. The molecule has 0 bridgehead atoms. The maximum Gasteiger partial charge on any atom is 0.125 e. The molecule has 0 unspecified atom stereocenters. The van der Waals surface area contributed by atoms with E-state index in [-0.39, 0.29) is 6.61 Å². The highest BCUT2D eigenvalue weighted by Crippen LogP contribution is 2.34. The van der Waals surface area contributed by atoms with Gasteiger partial charge < -0.3 is 14.6 Å². The third-order valence-electron chi connectivity index (χ3n) is 2.81. The second kappa shape index (κ2) is 5.75. The molecule has 0 saturated heterocycles. The first-order valence-corrected chi connectivity index (χ1v) is 5.47. The number of hydrogen-bond donors (Lipinski definition) is 1. The lowest BCUT2D eigenvalue weighted by Crippen LogP contribution is -2.02. The lowest BCUT2D eigenvalue weighted by molar-refractivity contribution is 0.287. The van der Waals surface area contributed by atoms with Gasteiger partial charge in [0, 0.05) is 12.2 Å². The van der Waals surface area contributed by atoms with E-state index in [1.165, 1.54) is 0 Å². The van der Waals surface area contributed by atoms with Gasteiger partial charge in [0.2, 0.25) is 0 Å². The third kappa shape index (κ3) is 2.47. The molecule has 0 aliphatic rings. The molecule has 1 N–H and O–H groups in total. The molecule has 0 radical (unpaired) electrons. The summed E-state index contributed by atoms with van der Waals surface area (Å²) in [6.07, 6.45) is 1.55. The van der Waals surface area contributed by atoms with Crippen molar-refractivity contribution in [1.29, 1.82) is 0 Å². The van der Waals surface area contributed by atoms with Crippen LogP contribution in [0.2, 0.25) is 0 Å². The fraction of sp³-hybridized carbons (Fsp3) is 0.538. The molecule has 90 valence electrons. The summed E-state index contributed by atoms with van der Waals surface area (Å²) in [7, 11) is 3.35. The van der Waals surface area contributed by atoms with E-state index in [2.05, 4.69) is 0 Å². The minimum Gasteiger partial charge on any atom is -0.496 e. The van der Waals surface area contributed by atoms with Crippen LogP contribution in [0.15, 0.2) is 6.07 Å². The van der Waals surface area contributed by atoms with Gasteiger partial charge in [-0.3, -0.25) is 0 Å². The third-order valence-corrected chi connectivity index (χ3v) is 2.81. The van der Waals surface area contributed by atoms with E-state index < -0.39 is 0 Å². The lowest BCUT2D eigenvalue weighted by Gasteiger charge is -2.17. The van der Waals surface area contributed by atoms with E-state index in [9.17, 15) is 0 Å². The lowest BCUT2D eigenvalue weighted by atomic mass is 9.98. The van der Waals surface area contributed by atoms with Gasteiger partial charge in [0.25, 0.3) is 0 Å². The molecular formula is C13H20O3. The molecule has 1 aromatic carbocycles. The van der Waals surface area contributed by atoms with Crippen LogP contribution in [-0.2, 0) is 6.42 Å². The van der Waals surface area contributed by atoms with Crippen molar-refractivity contribution in [2.45, 2.75) is 26.7 Å². The standard InChI is InChI=1S/C13H20O3/c1-9-8-12(15-3)10(2)11(6-5-7-14)13(9)16-4/h8,14H,5-7H2,1-4H3. The van der Waals surface area contributed by atoms with Crippen LogP contribution in [0.3, 0.4) is 0 Å². The predicted molar refractivity (Wildman–Crippen MR) is 64.4 cm³/mol. The fourth-order valence-electron chi connectivity index (χ4n) is 1.98. The highest BCUT2D eigenvalue weighted by Gasteiger charge is 2.13. The number of ether oxygens (including phenoxy) is 2. The summed E-state index contributed by atoms with van der Waals surface area (Å²) < 4.78 is 10.7. The molecule has 0 fully saturated rings. The van der Waals surface area contributed by atoms with Crippen LogP contribution in [0.1, 0.15) is 23.1 Å². The Kier molecular flexibility index (Phi) is 4.62.